The molecule has 2 heterocycles. The van der Waals surface area contributed by atoms with Crippen molar-refractivity contribution in [2.75, 3.05) is 17.2 Å². The van der Waals surface area contributed by atoms with Crippen LogP contribution >= 0.6 is 0 Å². The molecular weight excluding hydrogens is 413 g/mol. The third kappa shape index (κ3) is 5.41. The fraction of sp³-hybridized carbons (Fsp3) is 0.400. The Kier molecular flexibility index (Phi) is 6.93. The molecule has 1 atom stereocenters. The van der Waals surface area contributed by atoms with Crippen molar-refractivity contribution >= 4 is 34.7 Å². The van der Waals surface area contributed by atoms with Crippen molar-refractivity contribution < 1.29 is 23.1 Å². The summed E-state index contributed by atoms with van der Waals surface area (Å²) in [5, 5.41) is 14.6. The smallest absolute Gasteiger partial charge is 0.303 e. The van der Waals surface area contributed by atoms with E-state index in [1.165, 1.54) is 6.20 Å². The number of nitrogens with one attached hydrogen (secondary N) is 2. The number of carboxylic acid groups (broad SMARTS) is 1. The number of hydrogen-bond donors (Lipinski definition) is 3. The van der Waals surface area contributed by atoms with E-state index in [-0.39, 0.29) is 18.3 Å². The van der Waals surface area contributed by atoms with Gasteiger partial charge in [0.1, 0.15) is 17.0 Å². The third-order valence-electron chi connectivity index (χ3n) is 4.61. The number of carbonyl (C=O) groups is 1. The lowest BCUT2D eigenvalue weighted by Crippen LogP contribution is -2.13. The summed E-state index contributed by atoms with van der Waals surface area (Å²) >= 11 is 0. The van der Waals surface area contributed by atoms with Crippen LogP contribution in [-0.2, 0) is 11.3 Å². The molecule has 0 saturated heterocycles. The van der Waals surface area contributed by atoms with E-state index in [4.69, 9.17) is 5.11 Å². The maximum atomic E-state index is 14.2. The van der Waals surface area contributed by atoms with E-state index in [1.54, 1.807) is 4.57 Å². The first-order valence-corrected chi connectivity index (χ1v) is 9.89. The summed E-state index contributed by atoms with van der Waals surface area (Å²) in [5.41, 5.74) is 0.257. The number of nitrogens with zero attached hydrogens (tertiary/aromatic N) is 4. The van der Waals surface area contributed by atoms with Gasteiger partial charge in [-0.2, -0.15) is 4.98 Å². The second-order valence-electron chi connectivity index (χ2n) is 7.28. The number of hydrogen-bond acceptors (Lipinski definition) is 6. The van der Waals surface area contributed by atoms with Crippen molar-refractivity contribution in [3.05, 3.63) is 35.8 Å². The second kappa shape index (κ2) is 9.63. The molecule has 0 radical (unpaired) electrons. The van der Waals surface area contributed by atoms with Crippen molar-refractivity contribution in [3.63, 3.8) is 0 Å². The number of carboxylic acids is 1. The minimum atomic E-state index is -1.11. The van der Waals surface area contributed by atoms with Crippen LogP contribution in [0.4, 0.5) is 30.8 Å². The third-order valence-corrected chi connectivity index (χ3v) is 4.61. The maximum absolute atomic E-state index is 14.2. The van der Waals surface area contributed by atoms with E-state index >= 15 is 0 Å². The molecule has 8 nitrogen and oxygen atoms in total. The Labute approximate surface area is 176 Å². The molecule has 3 rings (SSSR count). The Morgan fingerprint density at radius 2 is 1.94 bits per heavy atom. The molecule has 0 unspecified atom stereocenters. The second-order valence-corrected chi connectivity index (χ2v) is 7.28. The number of anilines is 3. The molecule has 3 N–H and O–H groups in total. The molecule has 0 aliphatic carbocycles. The minimum absolute atomic E-state index is 0.0178. The van der Waals surface area contributed by atoms with E-state index in [0.717, 1.165) is 6.42 Å². The fourth-order valence-corrected chi connectivity index (χ4v) is 3.06. The van der Waals surface area contributed by atoms with Gasteiger partial charge in [0.2, 0.25) is 11.9 Å². The Morgan fingerprint density at radius 3 is 2.58 bits per heavy atom. The van der Waals surface area contributed by atoms with Crippen LogP contribution in [0, 0.1) is 23.4 Å². The normalized spacial score (nSPS) is 12.2. The van der Waals surface area contributed by atoms with Crippen molar-refractivity contribution in [2.24, 2.45) is 5.92 Å². The minimum Gasteiger partial charge on any atom is -0.481 e. The zero-order valence-electron chi connectivity index (χ0n) is 17.1. The SMILES string of the molecule is CCCNc1ncc2nc(Nc3c(F)cc(F)cc3F)n(C[C@H](C)CCC(=O)O)c2n1. The summed E-state index contributed by atoms with van der Waals surface area (Å²) in [6.07, 6.45) is 2.72. The van der Waals surface area contributed by atoms with E-state index in [2.05, 4.69) is 25.6 Å². The standard InChI is InChI=1S/C20H23F3N6O2/c1-3-6-24-19-25-9-15-18(28-19)29(10-11(2)4-5-16(30)31)20(26-15)27-17-13(22)7-12(21)8-14(17)23/h7-9,11H,3-6,10H2,1-2H3,(H,26,27)(H,30,31)(H,24,25,28)/t11-/m1/s1. The molecule has 166 valence electrons. The Morgan fingerprint density at radius 1 is 1.23 bits per heavy atom. The number of aliphatic carboxylic acids is 1. The van der Waals surface area contributed by atoms with Crippen LogP contribution in [0.3, 0.4) is 0 Å². The lowest BCUT2D eigenvalue weighted by Gasteiger charge is -2.16. The molecule has 0 amide bonds. The first-order chi connectivity index (χ1) is 14.8. The summed E-state index contributed by atoms with van der Waals surface area (Å²) in [4.78, 5) is 23.9. The van der Waals surface area contributed by atoms with Crippen molar-refractivity contribution in [1.29, 1.82) is 0 Å². The summed E-state index contributed by atoms with van der Waals surface area (Å²) in [6, 6.07) is 1.14. The molecular formula is C20H23F3N6O2. The number of rotatable bonds is 10. The van der Waals surface area contributed by atoms with Crippen LogP contribution in [0.25, 0.3) is 11.2 Å². The molecule has 2 aromatic heterocycles. The van der Waals surface area contributed by atoms with Gasteiger partial charge in [0.25, 0.3) is 0 Å². The molecule has 31 heavy (non-hydrogen) atoms. The summed E-state index contributed by atoms with van der Waals surface area (Å²) in [6.45, 7) is 4.80. The van der Waals surface area contributed by atoms with E-state index < -0.39 is 29.1 Å². The lowest BCUT2D eigenvalue weighted by molar-refractivity contribution is -0.137. The summed E-state index contributed by atoms with van der Waals surface area (Å²) in [7, 11) is 0. The van der Waals surface area contributed by atoms with Crippen LogP contribution in [-0.4, -0.2) is 37.1 Å². The van der Waals surface area contributed by atoms with Crippen LogP contribution in [0.5, 0.6) is 0 Å². The average molecular weight is 436 g/mol. The molecule has 0 bridgehead atoms. The molecule has 11 heteroatoms. The van der Waals surface area contributed by atoms with Gasteiger partial charge in [0.15, 0.2) is 17.3 Å². The van der Waals surface area contributed by atoms with E-state index in [1.807, 2.05) is 13.8 Å². The largest absolute Gasteiger partial charge is 0.481 e. The van der Waals surface area contributed by atoms with Crippen LogP contribution in [0.15, 0.2) is 18.3 Å². The maximum Gasteiger partial charge on any atom is 0.303 e. The fourth-order valence-electron chi connectivity index (χ4n) is 3.06. The van der Waals surface area contributed by atoms with Gasteiger partial charge in [-0.3, -0.25) is 9.36 Å². The van der Waals surface area contributed by atoms with Gasteiger partial charge >= 0.3 is 5.97 Å². The topological polar surface area (TPSA) is 105 Å². The number of halogens is 3. The zero-order chi connectivity index (χ0) is 22.5. The Hall–Kier alpha value is -3.37. The van der Waals surface area contributed by atoms with Crippen molar-refractivity contribution in [1.82, 2.24) is 19.5 Å². The highest BCUT2D eigenvalue weighted by Gasteiger charge is 2.20. The lowest BCUT2D eigenvalue weighted by atomic mass is 10.1. The van der Waals surface area contributed by atoms with Gasteiger partial charge in [-0.1, -0.05) is 13.8 Å². The monoisotopic (exact) mass is 436 g/mol. The molecule has 3 aromatic rings. The van der Waals surface area contributed by atoms with E-state index in [9.17, 15) is 18.0 Å². The molecule has 0 aliphatic heterocycles. The quantitative estimate of drug-likeness (QED) is 0.435. The van der Waals surface area contributed by atoms with Gasteiger partial charge < -0.3 is 15.7 Å². The highest BCUT2D eigenvalue weighted by Crippen LogP contribution is 2.28. The number of imidazole rings is 1. The average Bonchev–Trinajstić information content (AvgIpc) is 3.04. The predicted octanol–water partition coefficient (Wildman–Crippen LogP) is 4.31. The predicted molar refractivity (Wildman–Crippen MR) is 110 cm³/mol. The molecule has 1 aromatic carbocycles. The van der Waals surface area contributed by atoms with Crippen LogP contribution < -0.4 is 10.6 Å². The van der Waals surface area contributed by atoms with Gasteiger partial charge in [-0.05, 0) is 18.8 Å². The Bertz CT molecular complexity index is 1070. The van der Waals surface area contributed by atoms with Crippen molar-refractivity contribution in [3.8, 4) is 0 Å². The van der Waals surface area contributed by atoms with Crippen molar-refractivity contribution in [2.45, 2.75) is 39.7 Å². The van der Waals surface area contributed by atoms with Gasteiger partial charge in [-0.15, -0.1) is 0 Å². The van der Waals surface area contributed by atoms with Gasteiger partial charge in [-0.25, -0.2) is 23.1 Å². The number of benzene rings is 1. The molecule has 0 aliphatic rings. The zero-order valence-corrected chi connectivity index (χ0v) is 17.1. The van der Waals surface area contributed by atoms with Gasteiger partial charge in [0.05, 0.1) is 6.20 Å². The van der Waals surface area contributed by atoms with Crippen LogP contribution in [0.2, 0.25) is 0 Å². The van der Waals surface area contributed by atoms with E-state index in [0.29, 0.717) is 48.8 Å². The highest BCUT2D eigenvalue weighted by atomic mass is 19.1. The summed E-state index contributed by atoms with van der Waals surface area (Å²) < 4.78 is 43.2. The number of aromatic nitrogens is 4. The number of fused-ring (bicyclic) bond motifs is 1. The summed E-state index contributed by atoms with van der Waals surface area (Å²) in [5.74, 6) is -3.79. The first-order valence-electron chi connectivity index (χ1n) is 9.89. The Balaban J connectivity index is 2.01. The van der Waals surface area contributed by atoms with Gasteiger partial charge in [0, 0.05) is 31.6 Å². The van der Waals surface area contributed by atoms with Crippen LogP contribution in [0.1, 0.15) is 33.1 Å². The molecule has 0 fully saturated rings. The highest BCUT2D eigenvalue weighted by molar-refractivity contribution is 5.76. The molecule has 0 saturated carbocycles. The first kappa shape index (κ1) is 22.3. The molecule has 0 spiro atoms.